The SMILES string of the molecule is C#CCCC1(CCC(=O)N[C@@H](Cc2c[nH]c3ccccc23)C(=O)OC)N=N1. The van der Waals surface area contributed by atoms with Crippen molar-refractivity contribution in [2.24, 2.45) is 10.2 Å². The topological polar surface area (TPSA) is 95.9 Å². The molecular weight excluding hydrogens is 344 g/mol. The summed E-state index contributed by atoms with van der Waals surface area (Å²) in [5.74, 6) is 1.85. The van der Waals surface area contributed by atoms with E-state index in [0.29, 0.717) is 25.7 Å². The molecule has 1 aliphatic rings. The fourth-order valence-corrected chi connectivity index (χ4v) is 3.10. The molecule has 1 aliphatic heterocycles. The van der Waals surface area contributed by atoms with Gasteiger partial charge in [0.2, 0.25) is 5.91 Å². The zero-order valence-corrected chi connectivity index (χ0v) is 15.2. The van der Waals surface area contributed by atoms with Gasteiger partial charge < -0.3 is 15.0 Å². The van der Waals surface area contributed by atoms with Crippen molar-refractivity contribution in [2.45, 2.75) is 43.8 Å². The van der Waals surface area contributed by atoms with Crippen LogP contribution in [0.15, 0.2) is 40.7 Å². The molecule has 0 aliphatic carbocycles. The lowest BCUT2D eigenvalue weighted by Crippen LogP contribution is -2.43. The Morgan fingerprint density at radius 1 is 1.33 bits per heavy atom. The Morgan fingerprint density at radius 3 is 2.81 bits per heavy atom. The maximum absolute atomic E-state index is 12.4. The number of hydrogen-bond acceptors (Lipinski definition) is 5. The normalized spacial score (nSPS) is 15.1. The van der Waals surface area contributed by atoms with Gasteiger partial charge in [-0.15, -0.1) is 12.3 Å². The molecule has 2 aromatic rings. The number of methoxy groups -OCH3 is 1. The molecule has 27 heavy (non-hydrogen) atoms. The third-order valence-corrected chi connectivity index (χ3v) is 4.72. The minimum Gasteiger partial charge on any atom is -0.467 e. The van der Waals surface area contributed by atoms with E-state index < -0.39 is 17.7 Å². The molecule has 0 bridgehead atoms. The highest BCUT2D eigenvalue weighted by atomic mass is 16.5. The van der Waals surface area contributed by atoms with Crippen LogP contribution in [-0.2, 0) is 20.7 Å². The molecule has 0 saturated carbocycles. The molecule has 7 heteroatoms. The van der Waals surface area contributed by atoms with Gasteiger partial charge in [-0.1, -0.05) is 18.2 Å². The molecule has 0 spiro atoms. The number of H-pyrrole nitrogens is 1. The van der Waals surface area contributed by atoms with Gasteiger partial charge in [0.15, 0.2) is 5.66 Å². The van der Waals surface area contributed by atoms with E-state index in [9.17, 15) is 9.59 Å². The Bertz CT molecular complexity index is 903. The number of benzene rings is 1. The Kier molecular flexibility index (Phi) is 5.55. The number of carbonyl (C=O) groups excluding carboxylic acids is 2. The first-order chi connectivity index (χ1) is 13.1. The Labute approximate surface area is 157 Å². The number of nitrogens with zero attached hydrogens (tertiary/aromatic N) is 2. The first-order valence-corrected chi connectivity index (χ1v) is 8.86. The van der Waals surface area contributed by atoms with Crippen molar-refractivity contribution in [1.82, 2.24) is 10.3 Å². The molecule has 0 unspecified atom stereocenters. The van der Waals surface area contributed by atoms with Gasteiger partial charge in [0.05, 0.1) is 7.11 Å². The van der Waals surface area contributed by atoms with Gasteiger partial charge in [0.25, 0.3) is 0 Å². The first kappa shape index (κ1) is 18.6. The third-order valence-electron chi connectivity index (χ3n) is 4.72. The van der Waals surface area contributed by atoms with Crippen LogP contribution >= 0.6 is 0 Å². The maximum atomic E-state index is 12.4. The molecule has 0 saturated heterocycles. The highest BCUT2D eigenvalue weighted by molar-refractivity contribution is 5.87. The van der Waals surface area contributed by atoms with Crippen LogP contribution in [0.1, 0.15) is 31.2 Å². The number of carbonyl (C=O) groups is 2. The molecule has 1 atom stereocenters. The van der Waals surface area contributed by atoms with E-state index in [-0.39, 0.29) is 12.3 Å². The highest BCUT2D eigenvalue weighted by Gasteiger charge is 2.39. The maximum Gasteiger partial charge on any atom is 0.328 e. The molecular formula is C20H22N4O3. The summed E-state index contributed by atoms with van der Waals surface area (Å²) >= 11 is 0. The minimum atomic E-state index is -0.753. The molecule has 0 radical (unpaired) electrons. The molecule has 2 N–H and O–H groups in total. The Morgan fingerprint density at radius 2 is 2.11 bits per heavy atom. The van der Waals surface area contributed by atoms with E-state index in [1.54, 1.807) is 0 Å². The van der Waals surface area contributed by atoms with Crippen LogP contribution in [0.2, 0.25) is 0 Å². The molecule has 2 heterocycles. The summed E-state index contributed by atoms with van der Waals surface area (Å²) in [4.78, 5) is 27.7. The Balaban J connectivity index is 1.61. The third kappa shape index (κ3) is 4.53. The fourth-order valence-electron chi connectivity index (χ4n) is 3.10. The first-order valence-electron chi connectivity index (χ1n) is 8.86. The van der Waals surface area contributed by atoms with Crippen molar-refractivity contribution in [1.29, 1.82) is 0 Å². The molecule has 7 nitrogen and oxygen atoms in total. The molecule has 1 aromatic heterocycles. The number of aromatic amines is 1. The van der Waals surface area contributed by atoms with Crippen molar-refractivity contribution in [3.63, 3.8) is 0 Å². The number of esters is 1. The van der Waals surface area contributed by atoms with Gasteiger partial charge in [-0.25, -0.2) is 4.79 Å². The standard InChI is InChI=1S/C20H22N4O3/c1-3-4-10-20(23-24-20)11-9-18(25)22-17(19(26)27-2)12-14-13-21-16-8-6-5-7-15(14)16/h1,5-8,13,17,21H,4,9-12H2,2H3,(H,22,25)/t17-/m0/s1. The van der Waals surface area contributed by atoms with Gasteiger partial charge in [0, 0.05) is 49.2 Å². The summed E-state index contributed by atoms with van der Waals surface area (Å²) in [5, 5.41) is 11.8. The number of terminal acetylenes is 1. The lowest BCUT2D eigenvalue weighted by molar-refractivity contribution is -0.145. The van der Waals surface area contributed by atoms with E-state index in [2.05, 4.69) is 26.4 Å². The van der Waals surface area contributed by atoms with Crippen molar-refractivity contribution < 1.29 is 14.3 Å². The number of ether oxygens (including phenoxy) is 1. The summed E-state index contributed by atoms with van der Waals surface area (Å²) in [6, 6.07) is 7.05. The number of hydrogen-bond donors (Lipinski definition) is 2. The Hall–Kier alpha value is -3.14. The number of amides is 1. The van der Waals surface area contributed by atoms with Gasteiger partial charge in [0.1, 0.15) is 6.04 Å². The lowest BCUT2D eigenvalue weighted by Gasteiger charge is -2.17. The minimum absolute atomic E-state index is 0.221. The van der Waals surface area contributed by atoms with Crippen LogP contribution < -0.4 is 5.32 Å². The highest BCUT2D eigenvalue weighted by Crippen LogP contribution is 2.37. The van der Waals surface area contributed by atoms with Crippen LogP contribution in [-0.4, -0.2) is 35.7 Å². The van der Waals surface area contributed by atoms with E-state index in [4.69, 9.17) is 11.2 Å². The van der Waals surface area contributed by atoms with Crippen LogP contribution in [0, 0.1) is 12.3 Å². The van der Waals surface area contributed by atoms with E-state index in [0.717, 1.165) is 16.5 Å². The van der Waals surface area contributed by atoms with Crippen LogP contribution in [0.25, 0.3) is 10.9 Å². The molecule has 1 aromatic carbocycles. The smallest absolute Gasteiger partial charge is 0.328 e. The number of aromatic nitrogens is 1. The molecule has 3 rings (SSSR count). The predicted octanol–water partition coefficient (Wildman–Crippen LogP) is 2.72. The average molecular weight is 366 g/mol. The second kappa shape index (κ2) is 8.04. The van der Waals surface area contributed by atoms with E-state index in [1.807, 2.05) is 30.5 Å². The second-order valence-electron chi connectivity index (χ2n) is 6.59. The zero-order chi connectivity index (χ0) is 19.3. The van der Waals surface area contributed by atoms with Crippen LogP contribution in [0.4, 0.5) is 0 Å². The number of para-hydroxylation sites is 1. The molecule has 1 amide bonds. The summed E-state index contributed by atoms with van der Waals surface area (Å²) in [7, 11) is 1.31. The predicted molar refractivity (Wildman–Crippen MR) is 101 cm³/mol. The molecule has 0 fully saturated rings. The number of rotatable bonds is 9. The van der Waals surface area contributed by atoms with E-state index in [1.165, 1.54) is 7.11 Å². The van der Waals surface area contributed by atoms with Gasteiger partial charge in [-0.2, -0.15) is 10.2 Å². The largest absolute Gasteiger partial charge is 0.467 e. The van der Waals surface area contributed by atoms with Gasteiger partial charge in [-0.05, 0) is 11.6 Å². The van der Waals surface area contributed by atoms with E-state index >= 15 is 0 Å². The quantitative estimate of drug-likeness (QED) is 0.527. The molecule has 140 valence electrons. The lowest BCUT2D eigenvalue weighted by atomic mass is 10.0. The van der Waals surface area contributed by atoms with Crippen molar-refractivity contribution in [3.05, 3.63) is 36.0 Å². The monoisotopic (exact) mass is 366 g/mol. The summed E-state index contributed by atoms with van der Waals surface area (Å²) < 4.78 is 4.86. The van der Waals surface area contributed by atoms with Crippen LogP contribution in [0.5, 0.6) is 0 Å². The number of nitrogens with one attached hydrogen (secondary N) is 2. The van der Waals surface area contributed by atoms with Crippen molar-refractivity contribution >= 4 is 22.8 Å². The summed E-state index contributed by atoms with van der Waals surface area (Å²) in [5.41, 5.74) is 1.41. The van der Waals surface area contributed by atoms with Gasteiger partial charge >= 0.3 is 5.97 Å². The van der Waals surface area contributed by atoms with Gasteiger partial charge in [-0.3, -0.25) is 4.79 Å². The number of fused-ring (bicyclic) bond motifs is 1. The summed E-state index contributed by atoms with van der Waals surface area (Å²) in [6.07, 6.45) is 9.39. The zero-order valence-electron chi connectivity index (χ0n) is 15.2. The second-order valence-corrected chi connectivity index (χ2v) is 6.59. The van der Waals surface area contributed by atoms with Crippen molar-refractivity contribution in [3.8, 4) is 12.3 Å². The average Bonchev–Trinajstić information content (AvgIpc) is 3.36. The fraction of sp³-hybridized carbons (Fsp3) is 0.400. The van der Waals surface area contributed by atoms with Crippen LogP contribution in [0.3, 0.4) is 0 Å². The summed E-state index contributed by atoms with van der Waals surface area (Å²) in [6.45, 7) is 0. The van der Waals surface area contributed by atoms with Crippen molar-refractivity contribution in [2.75, 3.05) is 7.11 Å².